The number of carbonyl (C=O) groups is 1. The fourth-order valence-corrected chi connectivity index (χ4v) is 1.30. The van der Waals surface area contributed by atoms with E-state index in [0.717, 1.165) is 0 Å². The number of esters is 1. The Balaban J connectivity index is 2.80. The first-order valence-corrected chi connectivity index (χ1v) is 4.99. The first-order chi connectivity index (χ1) is 7.04. The summed E-state index contributed by atoms with van der Waals surface area (Å²) in [7, 11) is 1.29. The molecular weight excluding hydrogens is 239 g/mol. The third kappa shape index (κ3) is 3.29. The van der Waals surface area contributed by atoms with Crippen molar-refractivity contribution in [1.82, 2.24) is 0 Å². The lowest BCUT2D eigenvalue weighted by atomic mass is 10.3. The highest BCUT2D eigenvalue weighted by Gasteiger charge is 2.16. The number of halogens is 2. The summed E-state index contributed by atoms with van der Waals surface area (Å²) in [6.07, 6.45) is -0.717. The zero-order chi connectivity index (χ0) is 11.4. The van der Waals surface area contributed by atoms with Crippen LogP contribution in [-0.4, -0.2) is 19.2 Å². The van der Waals surface area contributed by atoms with Crippen molar-refractivity contribution >= 4 is 29.2 Å². The molecule has 82 valence electrons. The predicted octanol–water partition coefficient (Wildman–Crippen LogP) is 2.93. The molecular formula is C10H10Cl2O3. The number of methoxy groups -OCH3 is 1. The van der Waals surface area contributed by atoms with Gasteiger partial charge in [-0.3, -0.25) is 0 Å². The van der Waals surface area contributed by atoms with E-state index in [9.17, 15) is 4.79 Å². The van der Waals surface area contributed by atoms with E-state index in [2.05, 4.69) is 4.74 Å². The van der Waals surface area contributed by atoms with E-state index < -0.39 is 12.1 Å². The first-order valence-electron chi connectivity index (χ1n) is 4.24. The second-order valence-corrected chi connectivity index (χ2v) is 3.70. The maximum Gasteiger partial charge on any atom is 0.346 e. The van der Waals surface area contributed by atoms with Gasteiger partial charge in [0.2, 0.25) is 0 Å². The van der Waals surface area contributed by atoms with Gasteiger partial charge in [0.05, 0.1) is 12.1 Å². The average molecular weight is 249 g/mol. The van der Waals surface area contributed by atoms with Crippen molar-refractivity contribution in [2.24, 2.45) is 0 Å². The van der Waals surface area contributed by atoms with Crippen LogP contribution in [0.15, 0.2) is 18.2 Å². The van der Waals surface area contributed by atoms with E-state index in [1.54, 1.807) is 25.1 Å². The standard InChI is InChI=1S/C10H10Cl2O3/c1-6(10(13)14-2)15-9-5-7(11)3-4-8(9)12/h3-6H,1-2H3. The summed E-state index contributed by atoms with van der Waals surface area (Å²) in [6, 6.07) is 4.78. The highest BCUT2D eigenvalue weighted by molar-refractivity contribution is 6.34. The Hall–Kier alpha value is -0.930. The van der Waals surface area contributed by atoms with Crippen LogP contribution in [0.25, 0.3) is 0 Å². The summed E-state index contributed by atoms with van der Waals surface area (Å²) in [5.41, 5.74) is 0. The summed E-state index contributed by atoms with van der Waals surface area (Å²) < 4.78 is 9.80. The molecule has 0 saturated heterocycles. The molecule has 0 N–H and O–H groups in total. The third-order valence-electron chi connectivity index (χ3n) is 1.73. The Kier molecular flexibility index (Phi) is 4.24. The molecule has 1 aromatic rings. The Morgan fingerprint density at radius 3 is 2.67 bits per heavy atom. The summed E-state index contributed by atoms with van der Waals surface area (Å²) in [5.74, 6) is -0.104. The van der Waals surface area contributed by atoms with Crippen molar-refractivity contribution in [1.29, 1.82) is 0 Å². The monoisotopic (exact) mass is 248 g/mol. The Morgan fingerprint density at radius 1 is 1.40 bits per heavy atom. The summed E-state index contributed by atoms with van der Waals surface area (Å²) in [4.78, 5) is 11.1. The van der Waals surface area contributed by atoms with Crippen LogP contribution in [0, 0.1) is 0 Å². The van der Waals surface area contributed by atoms with Crippen molar-refractivity contribution in [3.05, 3.63) is 28.2 Å². The van der Waals surface area contributed by atoms with Crippen molar-refractivity contribution in [3.63, 3.8) is 0 Å². The molecule has 0 amide bonds. The molecule has 1 aromatic carbocycles. The van der Waals surface area contributed by atoms with Gasteiger partial charge >= 0.3 is 5.97 Å². The lowest BCUT2D eigenvalue weighted by Gasteiger charge is -2.13. The number of ether oxygens (including phenoxy) is 2. The molecule has 5 heteroatoms. The Bertz CT molecular complexity index is 366. The number of carbonyl (C=O) groups excluding carboxylic acids is 1. The van der Waals surface area contributed by atoms with Crippen LogP contribution in [0.4, 0.5) is 0 Å². The smallest absolute Gasteiger partial charge is 0.346 e. The molecule has 1 atom stereocenters. The molecule has 3 nitrogen and oxygen atoms in total. The predicted molar refractivity (Wildman–Crippen MR) is 58.6 cm³/mol. The third-order valence-corrected chi connectivity index (χ3v) is 2.28. The lowest BCUT2D eigenvalue weighted by molar-refractivity contribution is -0.147. The second kappa shape index (κ2) is 5.24. The van der Waals surface area contributed by atoms with Crippen molar-refractivity contribution in [3.8, 4) is 5.75 Å². The minimum atomic E-state index is -0.717. The molecule has 0 radical (unpaired) electrons. The SMILES string of the molecule is COC(=O)C(C)Oc1cc(Cl)ccc1Cl. The molecule has 0 aliphatic carbocycles. The normalized spacial score (nSPS) is 12.0. The number of benzene rings is 1. The highest BCUT2D eigenvalue weighted by Crippen LogP contribution is 2.28. The lowest BCUT2D eigenvalue weighted by Crippen LogP contribution is -2.24. The highest BCUT2D eigenvalue weighted by atomic mass is 35.5. The number of hydrogen-bond donors (Lipinski definition) is 0. The average Bonchev–Trinajstić information content (AvgIpc) is 2.22. The van der Waals surface area contributed by atoms with Gasteiger partial charge in [0.15, 0.2) is 6.10 Å². The zero-order valence-corrected chi connectivity index (χ0v) is 9.80. The van der Waals surface area contributed by atoms with Gasteiger partial charge in [0.25, 0.3) is 0 Å². The Morgan fingerprint density at radius 2 is 2.07 bits per heavy atom. The van der Waals surface area contributed by atoms with Gasteiger partial charge < -0.3 is 9.47 Å². The molecule has 0 aliphatic heterocycles. The molecule has 1 rings (SSSR count). The van der Waals surface area contributed by atoms with Gasteiger partial charge in [-0.05, 0) is 19.1 Å². The van der Waals surface area contributed by atoms with E-state index in [-0.39, 0.29) is 0 Å². The zero-order valence-electron chi connectivity index (χ0n) is 8.29. The molecule has 0 heterocycles. The van der Waals surface area contributed by atoms with Gasteiger partial charge in [-0.15, -0.1) is 0 Å². The van der Waals surface area contributed by atoms with Gasteiger partial charge in [-0.1, -0.05) is 23.2 Å². The maximum atomic E-state index is 11.1. The van der Waals surface area contributed by atoms with E-state index in [4.69, 9.17) is 27.9 Å². The fraction of sp³-hybridized carbons (Fsp3) is 0.300. The van der Waals surface area contributed by atoms with Crippen LogP contribution in [0.5, 0.6) is 5.75 Å². The van der Waals surface area contributed by atoms with Crippen LogP contribution in [-0.2, 0) is 9.53 Å². The molecule has 0 aromatic heterocycles. The van der Waals surface area contributed by atoms with Crippen molar-refractivity contribution < 1.29 is 14.3 Å². The first kappa shape index (κ1) is 12.1. The van der Waals surface area contributed by atoms with Crippen LogP contribution >= 0.6 is 23.2 Å². The number of rotatable bonds is 3. The van der Waals surface area contributed by atoms with Crippen LogP contribution in [0.2, 0.25) is 10.0 Å². The topological polar surface area (TPSA) is 35.5 Å². The van der Waals surface area contributed by atoms with Crippen LogP contribution in [0.1, 0.15) is 6.92 Å². The largest absolute Gasteiger partial charge is 0.477 e. The quantitative estimate of drug-likeness (QED) is 0.772. The van der Waals surface area contributed by atoms with Crippen LogP contribution < -0.4 is 4.74 Å². The van der Waals surface area contributed by atoms with Gasteiger partial charge in [0, 0.05) is 11.1 Å². The minimum absolute atomic E-state index is 0.363. The van der Waals surface area contributed by atoms with Gasteiger partial charge in [-0.2, -0.15) is 0 Å². The molecule has 0 saturated carbocycles. The molecule has 0 aliphatic rings. The molecule has 15 heavy (non-hydrogen) atoms. The fourth-order valence-electron chi connectivity index (χ4n) is 0.972. The summed E-state index contributed by atoms with van der Waals surface area (Å²) >= 11 is 11.6. The molecule has 0 spiro atoms. The second-order valence-electron chi connectivity index (χ2n) is 2.86. The van der Waals surface area contributed by atoms with E-state index >= 15 is 0 Å². The summed E-state index contributed by atoms with van der Waals surface area (Å²) in [6.45, 7) is 1.57. The van der Waals surface area contributed by atoms with Crippen molar-refractivity contribution in [2.75, 3.05) is 7.11 Å². The van der Waals surface area contributed by atoms with E-state index in [0.29, 0.717) is 15.8 Å². The van der Waals surface area contributed by atoms with Crippen LogP contribution in [0.3, 0.4) is 0 Å². The molecule has 0 bridgehead atoms. The number of hydrogen-bond acceptors (Lipinski definition) is 3. The molecule has 0 fully saturated rings. The minimum Gasteiger partial charge on any atom is -0.477 e. The summed E-state index contributed by atoms with van der Waals surface area (Å²) in [5, 5.41) is 0.890. The van der Waals surface area contributed by atoms with Gasteiger partial charge in [-0.25, -0.2) is 4.79 Å². The molecule has 1 unspecified atom stereocenters. The maximum absolute atomic E-state index is 11.1. The van der Waals surface area contributed by atoms with E-state index in [1.807, 2.05) is 0 Å². The van der Waals surface area contributed by atoms with E-state index in [1.165, 1.54) is 7.11 Å². The Labute approximate surface area is 97.9 Å². The van der Waals surface area contributed by atoms with Gasteiger partial charge in [0.1, 0.15) is 5.75 Å². The van der Waals surface area contributed by atoms with Crippen molar-refractivity contribution in [2.45, 2.75) is 13.0 Å².